The van der Waals surface area contributed by atoms with Crippen molar-refractivity contribution in [2.24, 2.45) is 5.92 Å². The molecule has 1 spiro atoms. The number of ether oxygens (including phenoxy) is 1. The fraction of sp³-hybridized carbons (Fsp3) is 0.619. The fourth-order valence-corrected chi connectivity index (χ4v) is 3.98. The van der Waals surface area contributed by atoms with E-state index in [1.165, 1.54) is 18.2 Å². The van der Waals surface area contributed by atoms with Gasteiger partial charge in [-0.1, -0.05) is 19.9 Å². The molecule has 2 amide bonds. The number of nitrogens with zero attached hydrogens (tertiary/aromatic N) is 1. The number of rotatable bonds is 4. The highest BCUT2D eigenvalue weighted by Gasteiger charge is 2.53. The van der Waals surface area contributed by atoms with E-state index in [4.69, 9.17) is 4.74 Å². The molecule has 0 bridgehead atoms. The fourth-order valence-electron chi connectivity index (χ4n) is 3.98. The first-order valence-electron chi connectivity index (χ1n) is 9.90. The van der Waals surface area contributed by atoms with Gasteiger partial charge in [0.05, 0.1) is 6.61 Å². The van der Waals surface area contributed by atoms with Gasteiger partial charge in [0.25, 0.3) is 5.91 Å². The summed E-state index contributed by atoms with van der Waals surface area (Å²) in [4.78, 5) is 27.8. The number of benzene rings is 1. The molecule has 1 saturated heterocycles. The van der Waals surface area contributed by atoms with Gasteiger partial charge in [-0.25, -0.2) is 4.39 Å². The van der Waals surface area contributed by atoms with Crippen LogP contribution in [-0.4, -0.2) is 41.1 Å². The maximum atomic E-state index is 13.7. The normalized spacial score (nSPS) is 29.0. The van der Waals surface area contributed by atoms with Crippen molar-refractivity contribution in [2.75, 3.05) is 6.61 Å². The van der Waals surface area contributed by atoms with Gasteiger partial charge < -0.3 is 10.1 Å². The molecule has 5 nitrogen and oxygen atoms in total. The predicted molar refractivity (Wildman–Crippen MR) is 101 cm³/mol. The summed E-state index contributed by atoms with van der Waals surface area (Å²) in [5, 5.41) is 2.96. The van der Waals surface area contributed by atoms with Gasteiger partial charge in [-0.05, 0) is 63.1 Å². The third-order valence-corrected chi connectivity index (χ3v) is 5.91. The lowest BCUT2D eigenvalue weighted by Crippen LogP contribution is -2.57. The van der Waals surface area contributed by atoms with E-state index in [0.29, 0.717) is 18.8 Å². The molecule has 27 heavy (non-hydrogen) atoms. The van der Waals surface area contributed by atoms with E-state index in [0.717, 1.165) is 19.3 Å². The van der Waals surface area contributed by atoms with Crippen LogP contribution in [0.2, 0.25) is 0 Å². The number of nitrogens with one attached hydrogen (secondary N) is 1. The molecule has 2 fully saturated rings. The first kappa shape index (κ1) is 19.8. The van der Waals surface area contributed by atoms with Gasteiger partial charge in [-0.3, -0.25) is 14.5 Å². The number of carbonyl (C=O) groups excluding carboxylic acids is 2. The first-order chi connectivity index (χ1) is 12.9. The quantitative estimate of drug-likeness (QED) is 0.875. The smallest absolute Gasteiger partial charge is 0.256 e. The highest BCUT2D eigenvalue weighted by molar-refractivity contribution is 5.98. The maximum Gasteiger partial charge on any atom is 0.256 e. The minimum absolute atomic E-state index is 0.0200. The van der Waals surface area contributed by atoms with E-state index in [-0.39, 0.29) is 30.0 Å². The Morgan fingerprint density at radius 1 is 1.37 bits per heavy atom. The molecule has 0 unspecified atom stereocenters. The van der Waals surface area contributed by atoms with Crippen LogP contribution in [0.4, 0.5) is 4.39 Å². The van der Waals surface area contributed by atoms with Gasteiger partial charge in [-0.15, -0.1) is 0 Å². The summed E-state index contributed by atoms with van der Waals surface area (Å²) in [6.45, 7) is 6.30. The molecule has 1 N–H and O–H groups in total. The Morgan fingerprint density at radius 3 is 2.70 bits per heavy atom. The molecule has 1 saturated carbocycles. The summed E-state index contributed by atoms with van der Waals surface area (Å²) in [5.41, 5.74) is -0.521. The molecule has 1 aromatic rings. The van der Waals surface area contributed by atoms with E-state index < -0.39 is 17.6 Å². The molecule has 1 heterocycles. The van der Waals surface area contributed by atoms with Crippen molar-refractivity contribution >= 4 is 11.8 Å². The Hall–Kier alpha value is -1.95. The van der Waals surface area contributed by atoms with Gasteiger partial charge in [-0.2, -0.15) is 0 Å². The second-order valence-electron chi connectivity index (χ2n) is 7.96. The maximum absolute atomic E-state index is 13.7. The zero-order valence-electron chi connectivity index (χ0n) is 16.3. The lowest BCUT2D eigenvalue weighted by Gasteiger charge is -2.43. The van der Waals surface area contributed by atoms with Crippen molar-refractivity contribution in [2.45, 2.75) is 70.7 Å². The zero-order chi connectivity index (χ0) is 19.6. The number of amides is 2. The van der Waals surface area contributed by atoms with Gasteiger partial charge in [0, 0.05) is 11.6 Å². The molecular weight excluding hydrogens is 347 g/mol. The largest absolute Gasteiger partial charge is 0.353 e. The molecule has 0 radical (unpaired) electrons. The van der Waals surface area contributed by atoms with Gasteiger partial charge in [0.15, 0.2) is 0 Å². The van der Waals surface area contributed by atoms with Crippen LogP contribution in [-0.2, 0) is 9.53 Å². The molecular formula is C21H29FN2O3. The Kier molecular flexibility index (Phi) is 5.84. The highest BCUT2D eigenvalue weighted by Crippen LogP contribution is 2.43. The number of hydrogen-bond donors (Lipinski definition) is 1. The van der Waals surface area contributed by atoms with Crippen molar-refractivity contribution in [3.8, 4) is 0 Å². The van der Waals surface area contributed by atoms with Crippen molar-refractivity contribution < 1.29 is 18.7 Å². The van der Waals surface area contributed by atoms with Gasteiger partial charge in [0.1, 0.15) is 17.6 Å². The lowest BCUT2D eigenvalue weighted by atomic mass is 9.83. The highest BCUT2D eigenvalue weighted by atomic mass is 19.1. The van der Waals surface area contributed by atoms with E-state index in [2.05, 4.69) is 12.2 Å². The first-order valence-corrected chi connectivity index (χ1v) is 9.90. The second kappa shape index (κ2) is 7.97. The summed E-state index contributed by atoms with van der Waals surface area (Å²) in [6, 6.07) is 4.97. The summed E-state index contributed by atoms with van der Waals surface area (Å²) in [6.07, 6.45) is 4.07. The molecule has 1 aliphatic heterocycles. The molecule has 3 rings (SSSR count). The molecule has 6 heteroatoms. The van der Waals surface area contributed by atoms with Crippen LogP contribution < -0.4 is 5.32 Å². The third-order valence-electron chi connectivity index (χ3n) is 5.91. The van der Waals surface area contributed by atoms with Crippen LogP contribution in [0.15, 0.2) is 24.3 Å². The minimum Gasteiger partial charge on any atom is -0.353 e. The Bertz CT molecular complexity index is 700. The number of halogens is 1. The standard InChI is InChI=1S/C21H29FN2O3/c1-4-15(3)23-19(25)18-13-27-21(10-8-14(2)9-11-21)24(18)20(26)16-6-5-7-17(22)12-16/h5-7,12,14-15,18H,4,8-11,13H2,1-3H3,(H,23,25)/t14?,15-,18-,21?/m1/s1. The lowest BCUT2D eigenvalue weighted by molar-refractivity contribution is -0.128. The van der Waals surface area contributed by atoms with Crippen LogP contribution in [0.1, 0.15) is 63.2 Å². The molecule has 1 aromatic carbocycles. The molecule has 2 atom stereocenters. The van der Waals surface area contributed by atoms with Crippen molar-refractivity contribution in [3.05, 3.63) is 35.6 Å². The van der Waals surface area contributed by atoms with Crippen LogP contribution in [0.25, 0.3) is 0 Å². The van der Waals surface area contributed by atoms with Gasteiger partial charge >= 0.3 is 0 Å². The van der Waals surface area contributed by atoms with Crippen molar-refractivity contribution in [3.63, 3.8) is 0 Å². The minimum atomic E-state index is -0.770. The second-order valence-corrected chi connectivity index (χ2v) is 7.96. The van der Waals surface area contributed by atoms with E-state index in [1.807, 2.05) is 13.8 Å². The van der Waals surface area contributed by atoms with Crippen molar-refractivity contribution in [1.29, 1.82) is 0 Å². The van der Waals surface area contributed by atoms with E-state index >= 15 is 0 Å². The summed E-state index contributed by atoms with van der Waals surface area (Å²) < 4.78 is 19.8. The topological polar surface area (TPSA) is 58.6 Å². The molecule has 1 aliphatic carbocycles. The molecule has 2 aliphatic rings. The van der Waals surface area contributed by atoms with Crippen LogP contribution in [0.3, 0.4) is 0 Å². The van der Waals surface area contributed by atoms with Crippen LogP contribution in [0.5, 0.6) is 0 Å². The van der Waals surface area contributed by atoms with Crippen LogP contribution in [0, 0.1) is 11.7 Å². The zero-order valence-corrected chi connectivity index (χ0v) is 16.3. The Morgan fingerprint density at radius 2 is 2.07 bits per heavy atom. The summed E-state index contributed by atoms with van der Waals surface area (Å²) in [5.74, 6) is -0.443. The number of hydrogen-bond acceptors (Lipinski definition) is 3. The van der Waals surface area contributed by atoms with E-state index in [9.17, 15) is 14.0 Å². The third kappa shape index (κ3) is 4.00. The van der Waals surface area contributed by atoms with Crippen molar-refractivity contribution in [1.82, 2.24) is 10.2 Å². The summed E-state index contributed by atoms with van der Waals surface area (Å²) >= 11 is 0. The summed E-state index contributed by atoms with van der Waals surface area (Å²) in [7, 11) is 0. The molecule has 0 aromatic heterocycles. The predicted octanol–water partition coefficient (Wildman–Crippen LogP) is 3.49. The average Bonchev–Trinajstić information content (AvgIpc) is 3.02. The Balaban J connectivity index is 1.92. The van der Waals surface area contributed by atoms with Gasteiger partial charge in [0.2, 0.25) is 5.91 Å². The SMILES string of the molecule is CC[C@@H](C)NC(=O)[C@H]1COC2(CCC(C)CC2)N1C(=O)c1cccc(F)c1. The Labute approximate surface area is 160 Å². The average molecular weight is 376 g/mol. The van der Waals surface area contributed by atoms with Crippen LogP contribution >= 0.6 is 0 Å². The number of carbonyl (C=O) groups is 2. The molecule has 148 valence electrons. The van der Waals surface area contributed by atoms with E-state index in [1.54, 1.807) is 11.0 Å². The monoisotopic (exact) mass is 376 g/mol.